The molecule has 1 saturated carbocycles. The number of ether oxygens (including phenoxy) is 4. The number of benzene rings is 2. The molecule has 0 aromatic heterocycles. The highest BCUT2D eigenvalue weighted by atomic mass is 16.5. The van der Waals surface area contributed by atoms with Gasteiger partial charge in [-0.2, -0.15) is 0 Å². The van der Waals surface area contributed by atoms with Crippen molar-refractivity contribution in [3.8, 4) is 23.0 Å². The third-order valence-electron chi connectivity index (χ3n) is 7.29. The van der Waals surface area contributed by atoms with Crippen molar-refractivity contribution in [3.05, 3.63) is 46.5 Å². The minimum atomic E-state index is 0.319. The van der Waals surface area contributed by atoms with E-state index < -0.39 is 0 Å². The number of hydrogen-bond donors (Lipinski definition) is 0. The molecule has 2 atom stereocenters. The van der Waals surface area contributed by atoms with Gasteiger partial charge < -0.3 is 18.9 Å². The number of methoxy groups -OCH3 is 4. The maximum atomic E-state index is 5.71. The van der Waals surface area contributed by atoms with Crippen LogP contribution in [0.5, 0.6) is 23.0 Å². The van der Waals surface area contributed by atoms with E-state index in [0.29, 0.717) is 12.0 Å². The van der Waals surface area contributed by atoms with Gasteiger partial charge in [-0.15, -0.1) is 0 Å². The molecule has 2 aliphatic heterocycles. The molecule has 1 aliphatic carbocycles. The van der Waals surface area contributed by atoms with Crippen LogP contribution in [0.2, 0.25) is 0 Å². The van der Waals surface area contributed by atoms with Crippen LogP contribution in [0.1, 0.15) is 73.2 Å². The van der Waals surface area contributed by atoms with E-state index in [2.05, 4.69) is 30.0 Å². The maximum Gasteiger partial charge on any atom is 0.165 e. The average Bonchev–Trinajstić information content (AvgIpc) is 3.42. The van der Waals surface area contributed by atoms with Gasteiger partial charge in [-0.25, -0.2) is 0 Å². The molecule has 0 saturated heterocycles. The van der Waals surface area contributed by atoms with Crippen molar-refractivity contribution in [1.29, 1.82) is 0 Å². The highest BCUT2D eigenvalue weighted by molar-refractivity contribution is 5.56. The second-order valence-electron chi connectivity index (χ2n) is 9.00. The van der Waals surface area contributed by atoms with Crippen LogP contribution < -0.4 is 18.9 Å². The zero-order valence-electron chi connectivity index (χ0n) is 20.2. The Hall–Kier alpha value is -2.40. The van der Waals surface area contributed by atoms with Gasteiger partial charge in [0.2, 0.25) is 0 Å². The third kappa shape index (κ3) is 4.15. The highest BCUT2D eigenvalue weighted by Crippen LogP contribution is 2.50. The van der Waals surface area contributed by atoms with Crippen molar-refractivity contribution >= 4 is 0 Å². The van der Waals surface area contributed by atoms with Crippen molar-refractivity contribution in [2.45, 2.75) is 64.0 Å². The Morgan fingerprint density at radius 2 is 1.38 bits per heavy atom. The van der Waals surface area contributed by atoms with Crippen molar-refractivity contribution < 1.29 is 18.9 Å². The molecule has 2 aromatic rings. The molecular weight excluding hydrogens is 402 g/mol. The molecule has 32 heavy (non-hydrogen) atoms. The zero-order chi connectivity index (χ0) is 22.7. The summed E-state index contributed by atoms with van der Waals surface area (Å²) in [6, 6.07) is 8.82. The van der Waals surface area contributed by atoms with Crippen LogP contribution >= 0.6 is 0 Å². The van der Waals surface area contributed by atoms with E-state index in [0.717, 1.165) is 42.5 Å². The molecule has 0 radical (unpaired) electrons. The molecule has 0 unspecified atom stereocenters. The molecule has 0 bridgehead atoms. The highest BCUT2D eigenvalue weighted by Gasteiger charge is 2.39. The van der Waals surface area contributed by atoms with E-state index in [9.17, 15) is 0 Å². The first-order valence-electron chi connectivity index (χ1n) is 11.9. The van der Waals surface area contributed by atoms with Crippen LogP contribution in [-0.2, 0) is 13.0 Å². The lowest BCUT2D eigenvalue weighted by atomic mass is 9.77. The standard InChI is InChI=1S/C22H27NO4.C5H10/c1-13-15-6-7-18(24-2)22(27-5)17(15)12-23-9-8-14-10-19(25-3)20(26-4)11-16(14)21(13)23;1-2-4-5-3-1/h6-7,10-11,13,21H,8-9,12H2,1-5H3;1-5H2/t13-,21+;/m0./s1. The van der Waals surface area contributed by atoms with Gasteiger partial charge in [0.25, 0.3) is 0 Å². The molecule has 0 N–H and O–H groups in total. The largest absolute Gasteiger partial charge is 0.493 e. The minimum Gasteiger partial charge on any atom is -0.493 e. The van der Waals surface area contributed by atoms with Crippen molar-refractivity contribution in [1.82, 2.24) is 4.90 Å². The predicted molar refractivity (Wildman–Crippen MR) is 127 cm³/mol. The molecule has 2 heterocycles. The van der Waals surface area contributed by atoms with Crippen molar-refractivity contribution in [2.75, 3.05) is 35.0 Å². The first kappa shape index (κ1) is 22.8. The summed E-state index contributed by atoms with van der Waals surface area (Å²) in [4.78, 5) is 2.54. The Morgan fingerprint density at radius 3 is 1.97 bits per heavy atom. The monoisotopic (exact) mass is 439 g/mol. The van der Waals surface area contributed by atoms with Gasteiger partial charge >= 0.3 is 0 Å². The second-order valence-corrected chi connectivity index (χ2v) is 9.00. The molecule has 5 nitrogen and oxygen atoms in total. The maximum absolute atomic E-state index is 5.71. The minimum absolute atomic E-state index is 0.319. The van der Waals surface area contributed by atoms with Crippen molar-refractivity contribution in [2.24, 2.45) is 0 Å². The van der Waals surface area contributed by atoms with E-state index in [-0.39, 0.29) is 0 Å². The summed E-state index contributed by atoms with van der Waals surface area (Å²) in [6.07, 6.45) is 8.50. The summed E-state index contributed by atoms with van der Waals surface area (Å²) >= 11 is 0. The van der Waals surface area contributed by atoms with E-state index in [1.807, 2.05) is 6.07 Å². The van der Waals surface area contributed by atoms with Crippen LogP contribution in [0.25, 0.3) is 0 Å². The summed E-state index contributed by atoms with van der Waals surface area (Å²) in [6.45, 7) is 4.17. The zero-order valence-corrected chi connectivity index (χ0v) is 20.2. The fraction of sp³-hybridized carbons (Fsp3) is 0.556. The molecule has 3 aliphatic rings. The Kier molecular flexibility index (Phi) is 7.14. The lowest BCUT2D eigenvalue weighted by molar-refractivity contribution is 0.136. The molecule has 0 spiro atoms. The molecule has 5 rings (SSSR count). The SMILES string of the molecule is C1CCCC1.COc1cc2c(cc1OC)[C@H]1[C@@H](C)c3ccc(OC)c(OC)c3CN1CC2. The van der Waals surface area contributed by atoms with Gasteiger partial charge in [-0.1, -0.05) is 45.1 Å². The van der Waals surface area contributed by atoms with E-state index >= 15 is 0 Å². The molecule has 174 valence electrons. The molecule has 0 amide bonds. The Balaban J connectivity index is 0.000000433. The Labute approximate surface area is 192 Å². The van der Waals surface area contributed by atoms with Crippen LogP contribution in [0, 0.1) is 0 Å². The summed E-state index contributed by atoms with van der Waals surface area (Å²) in [5, 5.41) is 0. The normalized spacial score (nSPS) is 21.4. The van der Waals surface area contributed by atoms with Crippen LogP contribution in [0.4, 0.5) is 0 Å². The average molecular weight is 440 g/mol. The van der Waals surface area contributed by atoms with Gasteiger partial charge in [0.1, 0.15) is 0 Å². The first-order valence-corrected chi connectivity index (χ1v) is 11.9. The summed E-state index contributed by atoms with van der Waals surface area (Å²) in [5.74, 6) is 3.60. The predicted octanol–water partition coefficient (Wildman–Crippen LogP) is 5.89. The molecule has 2 aromatic carbocycles. The first-order chi connectivity index (χ1) is 15.6. The Bertz CT molecular complexity index is 930. The van der Waals surface area contributed by atoms with Crippen LogP contribution in [0.3, 0.4) is 0 Å². The van der Waals surface area contributed by atoms with Crippen LogP contribution in [-0.4, -0.2) is 39.9 Å². The lowest BCUT2D eigenvalue weighted by Gasteiger charge is -2.45. The van der Waals surface area contributed by atoms with E-state index in [1.54, 1.807) is 28.4 Å². The quantitative estimate of drug-likeness (QED) is 0.594. The number of rotatable bonds is 4. The van der Waals surface area contributed by atoms with Crippen LogP contribution in [0.15, 0.2) is 24.3 Å². The number of fused-ring (bicyclic) bond motifs is 4. The summed E-state index contributed by atoms with van der Waals surface area (Å²) in [5.41, 5.74) is 5.26. The fourth-order valence-electron chi connectivity index (χ4n) is 5.64. The third-order valence-corrected chi connectivity index (χ3v) is 7.29. The lowest BCUT2D eigenvalue weighted by Crippen LogP contribution is -2.41. The molecule has 1 fully saturated rings. The Morgan fingerprint density at radius 1 is 0.750 bits per heavy atom. The van der Waals surface area contributed by atoms with Gasteiger partial charge in [-0.05, 0) is 41.3 Å². The molecular formula is C27H37NO4. The topological polar surface area (TPSA) is 40.2 Å². The smallest absolute Gasteiger partial charge is 0.165 e. The van der Waals surface area contributed by atoms with Gasteiger partial charge in [-0.3, -0.25) is 4.90 Å². The second kappa shape index (κ2) is 10.0. The van der Waals surface area contributed by atoms with Gasteiger partial charge in [0.05, 0.1) is 28.4 Å². The summed E-state index contributed by atoms with van der Waals surface area (Å²) < 4.78 is 22.3. The molecule has 5 heteroatoms. The fourth-order valence-corrected chi connectivity index (χ4v) is 5.64. The van der Waals surface area contributed by atoms with E-state index in [4.69, 9.17) is 18.9 Å². The summed E-state index contributed by atoms with van der Waals surface area (Å²) in [7, 11) is 6.80. The number of hydrogen-bond acceptors (Lipinski definition) is 5. The number of nitrogens with zero attached hydrogens (tertiary/aromatic N) is 1. The van der Waals surface area contributed by atoms with Gasteiger partial charge in [0, 0.05) is 30.6 Å². The van der Waals surface area contributed by atoms with E-state index in [1.165, 1.54) is 54.4 Å². The van der Waals surface area contributed by atoms with Gasteiger partial charge in [0.15, 0.2) is 23.0 Å². The van der Waals surface area contributed by atoms with Crippen molar-refractivity contribution in [3.63, 3.8) is 0 Å².